The van der Waals surface area contributed by atoms with Crippen molar-refractivity contribution in [3.8, 4) is 0 Å². The maximum Gasteiger partial charge on any atom is 0.335 e. The number of nitrogens with one attached hydrogen (secondary N) is 1. The molecule has 0 aliphatic carbocycles. The Labute approximate surface area is 125 Å². The number of amides is 1. The number of carboxylic acids is 1. The first kappa shape index (κ1) is 17.2. The van der Waals surface area contributed by atoms with Crippen LogP contribution in [-0.2, 0) is 11.3 Å². The van der Waals surface area contributed by atoms with Crippen LogP contribution in [-0.4, -0.2) is 23.5 Å². The van der Waals surface area contributed by atoms with Gasteiger partial charge in [-0.25, -0.2) is 4.79 Å². The Balaban J connectivity index is 2.39. The van der Waals surface area contributed by atoms with Crippen LogP contribution in [0.15, 0.2) is 24.3 Å². The van der Waals surface area contributed by atoms with Crippen molar-refractivity contribution in [3.05, 3.63) is 35.4 Å². The third kappa shape index (κ3) is 6.40. The molecule has 1 aromatic rings. The molecule has 1 aromatic carbocycles. The van der Waals surface area contributed by atoms with E-state index in [1.807, 2.05) is 0 Å². The van der Waals surface area contributed by atoms with Crippen molar-refractivity contribution in [2.45, 2.75) is 39.2 Å². The fourth-order valence-corrected chi connectivity index (χ4v) is 2.23. The Kier molecular flexibility index (Phi) is 7.46. The Morgan fingerprint density at radius 3 is 2.71 bits per heavy atom. The third-order valence-electron chi connectivity index (χ3n) is 3.60. The number of carbonyl (C=O) groups excluding carboxylic acids is 1. The van der Waals surface area contributed by atoms with Gasteiger partial charge in [-0.1, -0.05) is 25.5 Å². The molecule has 0 saturated carbocycles. The Morgan fingerprint density at radius 1 is 1.33 bits per heavy atom. The van der Waals surface area contributed by atoms with Crippen molar-refractivity contribution in [2.75, 3.05) is 6.54 Å². The first-order valence-corrected chi connectivity index (χ1v) is 7.35. The van der Waals surface area contributed by atoms with Crippen LogP contribution in [0.3, 0.4) is 0 Å². The first-order chi connectivity index (χ1) is 10.1. The lowest BCUT2D eigenvalue weighted by Crippen LogP contribution is -2.23. The minimum atomic E-state index is -0.962. The molecule has 21 heavy (non-hydrogen) atoms. The van der Waals surface area contributed by atoms with E-state index in [0.29, 0.717) is 25.4 Å². The van der Waals surface area contributed by atoms with E-state index < -0.39 is 5.97 Å². The fraction of sp³-hybridized carbons (Fsp3) is 0.500. The molecular weight excluding hydrogens is 268 g/mol. The zero-order chi connectivity index (χ0) is 15.7. The summed E-state index contributed by atoms with van der Waals surface area (Å²) in [6.07, 6.45) is 3.31. The largest absolute Gasteiger partial charge is 0.478 e. The molecule has 1 atom stereocenters. The molecule has 0 aliphatic rings. The van der Waals surface area contributed by atoms with Crippen LogP contribution in [0.25, 0.3) is 0 Å². The van der Waals surface area contributed by atoms with E-state index in [9.17, 15) is 9.59 Å². The van der Waals surface area contributed by atoms with Gasteiger partial charge in [-0.2, -0.15) is 0 Å². The predicted molar refractivity (Wildman–Crippen MR) is 81.9 cm³/mol. The van der Waals surface area contributed by atoms with Crippen LogP contribution in [0.2, 0.25) is 0 Å². The monoisotopic (exact) mass is 292 g/mol. The summed E-state index contributed by atoms with van der Waals surface area (Å²) < 4.78 is 0. The van der Waals surface area contributed by atoms with Crippen molar-refractivity contribution >= 4 is 11.9 Å². The molecule has 5 heteroatoms. The number of hydrogen-bond donors (Lipinski definition) is 3. The fourth-order valence-electron chi connectivity index (χ4n) is 2.23. The highest BCUT2D eigenvalue weighted by Crippen LogP contribution is 2.14. The second kappa shape index (κ2) is 9.13. The number of carboxylic acid groups (broad SMARTS) is 1. The summed E-state index contributed by atoms with van der Waals surface area (Å²) in [5, 5.41) is 11.7. The Bertz CT molecular complexity index is 474. The third-order valence-corrected chi connectivity index (χ3v) is 3.60. The van der Waals surface area contributed by atoms with E-state index in [0.717, 1.165) is 24.8 Å². The molecule has 0 radical (unpaired) electrons. The smallest absolute Gasteiger partial charge is 0.335 e. The molecule has 116 valence electrons. The average molecular weight is 292 g/mol. The van der Waals surface area contributed by atoms with Crippen LogP contribution >= 0.6 is 0 Å². The van der Waals surface area contributed by atoms with Crippen molar-refractivity contribution in [1.82, 2.24) is 5.32 Å². The van der Waals surface area contributed by atoms with Crippen LogP contribution in [0.4, 0.5) is 0 Å². The van der Waals surface area contributed by atoms with Crippen molar-refractivity contribution in [3.63, 3.8) is 0 Å². The van der Waals surface area contributed by atoms with E-state index in [1.54, 1.807) is 18.2 Å². The highest BCUT2D eigenvalue weighted by atomic mass is 16.4. The van der Waals surface area contributed by atoms with Crippen LogP contribution in [0, 0.1) is 5.92 Å². The molecule has 0 spiro atoms. The van der Waals surface area contributed by atoms with Gasteiger partial charge in [0.05, 0.1) is 5.56 Å². The van der Waals surface area contributed by atoms with Crippen LogP contribution in [0.1, 0.15) is 48.5 Å². The molecule has 1 rings (SSSR count). The molecular formula is C16H24N2O3. The van der Waals surface area contributed by atoms with Gasteiger partial charge in [-0.05, 0) is 43.0 Å². The highest BCUT2D eigenvalue weighted by molar-refractivity contribution is 5.87. The molecule has 1 unspecified atom stereocenters. The van der Waals surface area contributed by atoms with Gasteiger partial charge in [-0.15, -0.1) is 0 Å². The highest BCUT2D eigenvalue weighted by Gasteiger charge is 2.09. The summed E-state index contributed by atoms with van der Waals surface area (Å²) in [5.74, 6) is -0.474. The lowest BCUT2D eigenvalue weighted by Gasteiger charge is -2.13. The number of carbonyl (C=O) groups is 2. The van der Waals surface area contributed by atoms with Crippen LogP contribution in [0.5, 0.6) is 0 Å². The normalized spacial score (nSPS) is 11.9. The van der Waals surface area contributed by atoms with E-state index >= 15 is 0 Å². The summed E-state index contributed by atoms with van der Waals surface area (Å²) in [6, 6.07) is 6.59. The van der Waals surface area contributed by atoms with E-state index in [-0.39, 0.29) is 11.5 Å². The standard InChI is InChI=1S/C16H24N2O3/c1-2-12(8-9-17)6-7-15(19)18-11-13-4-3-5-14(10-13)16(20)21/h3-5,10,12H,2,6-9,11,17H2,1H3,(H,18,19)(H,20,21). The van der Waals surface area contributed by atoms with Gasteiger partial charge in [0.1, 0.15) is 0 Å². The molecule has 5 nitrogen and oxygen atoms in total. The number of nitrogens with two attached hydrogens (primary N) is 1. The first-order valence-electron chi connectivity index (χ1n) is 7.35. The number of hydrogen-bond acceptors (Lipinski definition) is 3. The minimum Gasteiger partial charge on any atom is -0.478 e. The zero-order valence-electron chi connectivity index (χ0n) is 12.5. The Hall–Kier alpha value is -1.88. The SMILES string of the molecule is CCC(CCN)CCC(=O)NCc1cccc(C(=O)O)c1. The summed E-state index contributed by atoms with van der Waals surface area (Å²) in [5.41, 5.74) is 6.56. The van der Waals surface area contributed by atoms with Crippen LogP contribution < -0.4 is 11.1 Å². The summed E-state index contributed by atoms with van der Waals surface area (Å²) >= 11 is 0. The van der Waals surface area contributed by atoms with Crippen molar-refractivity contribution < 1.29 is 14.7 Å². The molecule has 1 amide bonds. The van der Waals surface area contributed by atoms with Crippen molar-refractivity contribution in [1.29, 1.82) is 0 Å². The molecule has 4 N–H and O–H groups in total. The lowest BCUT2D eigenvalue weighted by atomic mass is 9.96. The van der Waals surface area contributed by atoms with Gasteiger partial charge in [0, 0.05) is 13.0 Å². The van der Waals surface area contributed by atoms with E-state index in [2.05, 4.69) is 12.2 Å². The number of benzene rings is 1. The minimum absolute atomic E-state index is 0.00815. The van der Waals surface area contributed by atoms with Gasteiger partial charge in [-0.3, -0.25) is 4.79 Å². The quantitative estimate of drug-likeness (QED) is 0.650. The van der Waals surface area contributed by atoms with Gasteiger partial charge in [0.15, 0.2) is 0 Å². The maximum absolute atomic E-state index is 11.8. The Morgan fingerprint density at radius 2 is 2.10 bits per heavy atom. The number of aromatic carboxylic acids is 1. The van der Waals surface area contributed by atoms with Gasteiger partial charge < -0.3 is 16.2 Å². The van der Waals surface area contributed by atoms with Gasteiger partial charge >= 0.3 is 5.97 Å². The predicted octanol–water partition coefficient (Wildman–Crippen LogP) is 2.16. The summed E-state index contributed by atoms with van der Waals surface area (Å²) in [4.78, 5) is 22.7. The maximum atomic E-state index is 11.8. The molecule has 0 bridgehead atoms. The topological polar surface area (TPSA) is 92.4 Å². The zero-order valence-corrected chi connectivity index (χ0v) is 12.5. The lowest BCUT2D eigenvalue weighted by molar-refractivity contribution is -0.121. The number of rotatable bonds is 9. The molecule has 0 fully saturated rings. The van der Waals surface area contributed by atoms with E-state index in [1.165, 1.54) is 6.07 Å². The molecule has 0 saturated heterocycles. The second-order valence-corrected chi connectivity index (χ2v) is 5.17. The summed E-state index contributed by atoms with van der Waals surface area (Å²) in [7, 11) is 0. The van der Waals surface area contributed by atoms with Gasteiger partial charge in [0.2, 0.25) is 5.91 Å². The molecule has 0 aliphatic heterocycles. The van der Waals surface area contributed by atoms with Gasteiger partial charge in [0.25, 0.3) is 0 Å². The average Bonchev–Trinajstić information content (AvgIpc) is 2.49. The van der Waals surface area contributed by atoms with Crippen molar-refractivity contribution in [2.24, 2.45) is 11.7 Å². The molecule has 0 aromatic heterocycles. The van der Waals surface area contributed by atoms with E-state index in [4.69, 9.17) is 10.8 Å². The molecule has 0 heterocycles. The summed E-state index contributed by atoms with van der Waals surface area (Å²) in [6.45, 7) is 3.12. The second-order valence-electron chi connectivity index (χ2n) is 5.17.